The van der Waals surface area contributed by atoms with Gasteiger partial charge in [-0.25, -0.2) is 0 Å². The summed E-state index contributed by atoms with van der Waals surface area (Å²) in [4.78, 5) is 18.0. The Kier molecular flexibility index (Phi) is 8.11. The lowest BCUT2D eigenvalue weighted by molar-refractivity contribution is -0.141. The van der Waals surface area contributed by atoms with Gasteiger partial charge in [-0.3, -0.25) is 9.69 Å². The van der Waals surface area contributed by atoms with Crippen molar-refractivity contribution < 1.29 is 9.90 Å². The van der Waals surface area contributed by atoms with Gasteiger partial charge < -0.3 is 14.9 Å². The molecule has 1 unspecified atom stereocenters. The van der Waals surface area contributed by atoms with Crippen LogP contribution in [0.15, 0.2) is 0 Å². The van der Waals surface area contributed by atoms with E-state index in [4.69, 9.17) is 5.11 Å². The van der Waals surface area contributed by atoms with Gasteiger partial charge in [0, 0.05) is 32.7 Å². The van der Waals surface area contributed by atoms with Gasteiger partial charge in [0.25, 0.3) is 0 Å². The second-order valence-electron chi connectivity index (χ2n) is 6.25. The van der Waals surface area contributed by atoms with Crippen LogP contribution in [0.4, 0.5) is 0 Å². The summed E-state index contributed by atoms with van der Waals surface area (Å²) in [6.07, 6.45) is 3.98. The van der Waals surface area contributed by atoms with Gasteiger partial charge in [0.15, 0.2) is 0 Å². The number of hydrogen-bond donors (Lipinski definition) is 1. The molecule has 0 aromatic carbocycles. The van der Waals surface area contributed by atoms with Crippen molar-refractivity contribution in [3.05, 3.63) is 0 Å². The third kappa shape index (κ3) is 7.22. The lowest BCUT2D eigenvalue weighted by atomic mass is 10.1. The zero-order chi connectivity index (χ0) is 15.0. The molecule has 1 atom stereocenters. The van der Waals surface area contributed by atoms with E-state index in [9.17, 15) is 4.79 Å². The van der Waals surface area contributed by atoms with Crippen molar-refractivity contribution in [2.75, 3.05) is 59.9 Å². The minimum atomic E-state index is -0.696. The molecule has 5 heteroatoms. The van der Waals surface area contributed by atoms with Crippen LogP contribution in [0.2, 0.25) is 0 Å². The van der Waals surface area contributed by atoms with E-state index < -0.39 is 5.97 Å². The summed E-state index contributed by atoms with van der Waals surface area (Å²) >= 11 is 0. The maximum absolute atomic E-state index is 11.0. The highest BCUT2D eigenvalue weighted by molar-refractivity contribution is 5.69. The van der Waals surface area contributed by atoms with Gasteiger partial charge in [-0.2, -0.15) is 0 Å². The number of carboxylic acid groups (broad SMARTS) is 1. The fraction of sp³-hybridized carbons (Fsp3) is 0.933. The highest BCUT2D eigenvalue weighted by Gasteiger charge is 2.17. The van der Waals surface area contributed by atoms with Crippen LogP contribution in [0.5, 0.6) is 0 Å². The summed E-state index contributed by atoms with van der Waals surface area (Å²) in [5.74, 6) is -0.989. The molecular weight excluding hydrogens is 254 g/mol. The fourth-order valence-corrected chi connectivity index (χ4v) is 2.57. The number of piperidine rings is 1. The second-order valence-corrected chi connectivity index (χ2v) is 6.25. The fourth-order valence-electron chi connectivity index (χ4n) is 2.57. The molecule has 1 saturated heterocycles. The molecule has 1 fully saturated rings. The molecule has 118 valence electrons. The molecule has 0 amide bonds. The molecule has 0 aromatic heterocycles. The Morgan fingerprint density at radius 2 is 1.80 bits per heavy atom. The normalized spacial score (nSPS) is 18.6. The number of carbonyl (C=O) groups is 1. The quantitative estimate of drug-likeness (QED) is 0.686. The molecular formula is C15H31N3O2. The first-order valence-electron chi connectivity index (χ1n) is 7.81. The van der Waals surface area contributed by atoms with E-state index in [1.807, 2.05) is 0 Å². The Morgan fingerprint density at radius 3 is 2.35 bits per heavy atom. The molecule has 20 heavy (non-hydrogen) atoms. The largest absolute Gasteiger partial charge is 0.481 e. The summed E-state index contributed by atoms with van der Waals surface area (Å²) in [6.45, 7) is 8.82. The molecule has 0 radical (unpaired) electrons. The van der Waals surface area contributed by atoms with Crippen molar-refractivity contribution in [2.45, 2.75) is 26.2 Å². The molecule has 1 aliphatic rings. The first kappa shape index (κ1) is 17.4. The van der Waals surface area contributed by atoms with Crippen molar-refractivity contribution >= 4 is 5.97 Å². The maximum atomic E-state index is 11.0. The summed E-state index contributed by atoms with van der Waals surface area (Å²) in [5.41, 5.74) is 0. The number of likely N-dealkylation sites (tertiary alicyclic amines) is 1. The van der Waals surface area contributed by atoms with Gasteiger partial charge in [-0.15, -0.1) is 0 Å². The smallest absolute Gasteiger partial charge is 0.307 e. The number of hydrogen-bond acceptors (Lipinski definition) is 4. The SMILES string of the molecule is CC(CN(CCN(C)C)CCN1CCCCC1)C(=O)O. The van der Waals surface area contributed by atoms with E-state index in [2.05, 4.69) is 28.8 Å². The second kappa shape index (κ2) is 9.32. The molecule has 0 saturated carbocycles. The predicted molar refractivity (Wildman–Crippen MR) is 82.1 cm³/mol. The topological polar surface area (TPSA) is 47.0 Å². The minimum absolute atomic E-state index is 0.293. The van der Waals surface area contributed by atoms with Crippen LogP contribution in [-0.2, 0) is 4.79 Å². The summed E-state index contributed by atoms with van der Waals surface area (Å²) in [5, 5.41) is 9.08. The monoisotopic (exact) mass is 285 g/mol. The van der Waals surface area contributed by atoms with Crippen molar-refractivity contribution in [1.29, 1.82) is 0 Å². The Balaban J connectivity index is 2.37. The molecule has 1 rings (SSSR count). The first-order chi connectivity index (χ1) is 9.49. The van der Waals surface area contributed by atoms with E-state index in [-0.39, 0.29) is 5.92 Å². The molecule has 0 aromatic rings. The molecule has 5 nitrogen and oxygen atoms in total. The standard InChI is InChI=1S/C15H31N3O2/c1-14(15(19)20)13-18(10-9-16(2)3)12-11-17-7-5-4-6-8-17/h14H,4-13H2,1-3H3,(H,19,20). The molecule has 1 aliphatic heterocycles. The van der Waals surface area contributed by atoms with Gasteiger partial charge in [-0.05, 0) is 40.0 Å². The summed E-state index contributed by atoms with van der Waals surface area (Å²) in [6, 6.07) is 0. The highest BCUT2D eigenvalue weighted by atomic mass is 16.4. The molecule has 1 heterocycles. The predicted octanol–water partition coefficient (Wildman–Crippen LogP) is 1.06. The molecule has 0 bridgehead atoms. The van der Waals surface area contributed by atoms with Gasteiger partial charge in [-0.1, -0.05) is 13.3 Å². The van der Waals surface area contributed by atoms with E-state index in [0.29, 0.717) is 6.54 Å². The third-order valence-electron chi connectivity index (χ3n) is 4.00. The maximum Gasteiger partial charge on any atom is 0.307 e. The van der Waals surface area contributed by atoms with Crippen LogP contribution in [-0.4, -0.2) is 85.7 Å². The Labute approximate surface area is 123 Å². The minimum Gasteiger partial charge on any atom is -0.481 e. The lowest BCUT2D eigenvalue weighted by Crippen LogP contribution is -2.42. The summed E-state index contributed by atoms with van der Waals surface area (Å²) < 4.78 is 0. The number of carboxylic acids is 1. The van der Waals surface area contributed by atoms with Crippen molar-refractivity contribution in [2.24, 2.45) is 5.92 Å². The van der Waals surface area contributed by atoms with Crippen LogP contribution in [0.25, 0.3) is 0 Å². The zero-order valence-corrected chi connectivity index (χ0v) is 13.3. The van der Waals surface area contributed by atoms with Crippen LogP contribution in [0.3, 0.4) is 0 Å². The molecule has 0 spiro atoms. The summed E-state index contributed by atoms with van der Waals surface area (Å²) in [7, 11) is 4.12. The van der Waals surface area contributed by atoms with E-state index in [1.165, 1.54) is 32.4 Å². The van der Waals surface area contributed by atoms with Crippen LogP contribution in [0, 0.1) is 5.92 Å². The van der Waals surface area contributed by atoms with Crippen molar-refractivity contribution in [1.82, 2.24) is 14.7 Å². The highest BCUT2D eigenvalue weighted by Crippen LogP contribution is 2.09. The van der Waals surface area contributed by atoms with Crippen molar-refractivity contribution in [3.8, 4) is 0 Å². The van der Waals surface area contributed by atoms with E-state index in [1.54, 1.807) is 6.92 Å². The number of aliphatic carboxylic acids is 1. The Morgan fingerprint density at radius 1 is 1.15 bits per heavy atom. The number of nitrogens with zero attached hydrogens (tertiary/aromatic N) is 3. The average Bonchev–Trinajstić information content (AvgIpc) is 2.42. The Hall–Kier alpha value is -0.650. The van der Waals surface area contributed by atoms with E-state index in [0.717, 1.165) is 26.2 Å². The molecule has 1 N–H and O–H groups in total. The number of rotatable bonds is 9. The Bertz CT molecular complexity index is 278. The van der Waals surface area contributed by atoms with Gasteiger partial charge in [0.1, 0.15) is 0 Å². The van der Waals surface area contributed by atoms with Crippen LogP contribution >= 0.6 is 0 Å². The van der Waals surface area contributed by atoms with Gasteiger partial charge in [0.05, 0.1) is 5.92 Å². The van der Waals surface area contributed by atoms with Gasteiger partial charge in [0.2, 0.25) is 0 Å². The number of likely N-dealkylation sites (N-methyl/N-ethyl adjacent to an activating group) is 1. The molecule has 0 aliphatic carbocycles. The van der Waals surface area contributed by atoms with Crippen molar-refractivity contribution in [3.63, 3.8) is 0 Å². The third-order valence-corrected chi connectivity index (χ3v) is 4.00. The lowest BCUT2D eigenvalue weighted by Gasteiger charge is -2.31. The van der Waals surface area contributed by atoms with E-state index >= 15 is 0 Å². The van der Waals surface area contributed by atoms with Gasteiger partial charge >= 0.3 is 5.97 Å². The zero-order valence-electron chi connectivity index (χ0n) is 13.3. The average molecular weight is 285 g/mol. The first-order valence-corrected chi connectivity index (χ1v) is 7.81. The van der Waals surface area contributed by atoms with Crippen LogP contribution < -0.4 is 0 Å². The van der Waals surface area contributed by atoms with Crippen LogP contribution in [0.1, 0.15) is 26.2 Å².